The lowest BCUT2D eigenvalue weighted by Gasteiger charge is -2.34. The van der Waals surface area contributed by atoms with Gasteiger partial charge in [-0.2, -0.15) is 13.2 Å². The summed E-state index contributed by atoms with van der Waals surface area (Å²) in [5, 5.41) is 0. The number of carbonyl (C=O) groups excluding carboxylic acids is 2. The van der Waals surface area contributed by atoms with Crippen LogP contribution in [0, 0.1) is 0 Å². The monoisotopic (exact) mass is 412 g/mol. The number of Topliss-reactive ketones (excluding diaryl/α,β-unsaturated/α-hetero) is 1. The molecule has 0 unspecified atom stereocenters. The van der Waals surface area contributed by atoms with E-state index in [4.69, 9.17) is 4.74 Å². The van der Waals surface area contributed by atoms with Crippen LogP contribution in [-0.4, -0.2) is 61.0 Å². The molecule has 9 heteroatoms. The summed E-state index contributed by atoms with van der Waals surface area (Å²) >= 11 is 0.589. The largest absolute Gasteiger partial charge is 0.497 e. The molecule has 1 aromatic heterocycles. The zero-order chi connectivity index (χ0) is 20.3. The van der Waals surface area contributed by atoms with Gasteiger partial charge in [0.1, 0.15) is 5.75 Å². The maximum absolute atomic E-state index is 12.5. The van der Waals surface area contributed by atoms with Gasteiger partial charge in [0.25, 0.3) is 11.7 Å². The Labute approximate surface area is 164 Å². The van der Waals surface area contributed by atoms with Crippen molar-refractivity contribution in [1.82, 2.24) is 9.80 Å². The van der Waals surface area contributed by atoms with E-state index in [1.807, 2.05) is 24.3 Å². The Morgan fingerprint density at radius 1 is 1.07 bits per heavy atom. The van der Waals surface area contributed by atoms with Crippen molar-refractivity contribution in [3.63, 3.8) is 0 Å². The predicted octanol–water partition coefficient (Wildman–Crippen LogP) is 3.46. The highest BCUT2D eigenvalue weighted by molar-refractivity contribution is 7.16. The third-order valence-corrected chi connectivity index (χ3v) is 5.57. The fourth-order valence-electron chi connectivity index (χ4n) is 3.01. The minimum absolute atomic E-state index is 0.147. The first kappa shape index (κ1) is 20.3. The molecule has 0 N–H and O–H groups in total. The van der Waals surface area contributed by atoms with E-state index in [1.165, 1.54) is 6.07 Å². The molecule has 0 saturated carbocycles. The van der Waals surface area contributed by atoms with Gasteiger partial charge in [0.2, 0.25) is 0 Å². The first-order chi connectivity index (χ1) is 13.3. The van der Waals surface area contributed by atoms with E-state index in [0.717, 1.165) is 23.9 Å². The quantitative estimate of drug-likeness (QED) is 0.706. The van der Waals surface area contributed by atoms with E-state index in [2.05, 4.69) is 4.90 Å². The number of piperazine rings is 1. The second kappa shape index (κ2) is 8.32. The van der Waals surface area contributed by atoms with E-state index >= 15 is 0 Å². The second-order valence-corrected chi connectivity index (χ2v) is 7.49. The molecule has 5 nitrogen and oxygen atoms in total. The molecule has 0 bridgehead atoms. The normalized spacial score (nSPS) is 15.5. The van der Waals surface area contributed by atoms with Crippen molar-refractivity contribution in [2.24, 2.45) is 0 Å². The standard InChI is InChI=1S/C19H19F3N2O3S/c1-27-14-4-2-3-13(11-14)12-23-7-9-24(10-8-23)18(26)16-6-5-15(28-16)17(25)19(20,21)22/h2-6,11H,7-10,12H2,1H3. The molecule has 0 aliphatic carbocycles. The maximum atomic E-state index is 12.5. The third-order valence-electron chi connectivity index (χ3n) is 4.50. The summed E-state index contributed by atoms with van der Waals surface area (Å²) in [6, 6.07) is 10.1. The van der Waals surface area contributed by atoms with Crippen LogP contribution in [0.5, 0.6) is 5.75 Å². The Balaban J connectivity index is 1.57. The number of rotatable bonds is 5. The highest BCUT2D eigenvalue weighted by atomic mass is 32.1. The third kappa shape index (κ3) is 4.71. The van der Waals surface area contributed by atoms with Crippen molar-refractivity contribution >= 4 is 23.0 Å². The number of carbonyl (C=O) groups is 2. The van der Waals surface area contributed by atoms with E-state index in [-0.39, 0.29) is 10.8 Å². The van der Waals surface area contributed by atoms with Crippen LogP contribution in [0.4, 0.5) is 13.2 Å². The van der Waals surface area contributed by atoms with Crippen LogP contribution in [-0.2, 0) is 6.54 Å². The van der Waals surface area contributed by atoms with Crippen molar-refractivity contribution < 1.29 is 27.5 Å². The zero-order valence-corrected chi connectivity index (χ0v) is 16.0. The maximum Gasteiger partial charge on any atom is 0.455 e. The fourth-order valence-corrected chi connectivity index (χ4v) is 3.94. The van der Waals surface area contributed by atoms with Gasteiger partial charge in [0.05, 0.1) is 16.9 Å². The molecular weight excluding hydrogens is 393 g/mol. The van der Waals surface area contributed by atoms with Crippen molar-refractivity contribution in [3.8, 4) is 5.75 Å². The molecule has 0 radical (unpaired) electrons. The number of amides is 1. The average molecular weight is 412 g/mol. The highest BCUT2D eigenvalue weighted by Crippen LogP contribution is 2.27. The molecule has 0 spiro atoms. The Bertz CT molecular complexity index is 858. The lowest BCUT2D eigenvalue weighted by atomic mass is 10.2. The van der Waals surface area contributed by atoms with Gasteiger partial charge in [-0.3, -0.25) is 14.5 Å². The summed E-state index contributed by atoms with van der Waals surface area (Å²) in [6.07, 6.45) is -4.93. The topological polar surface area (TPSA) is 49.9 Å². The van der Waals surface area contributed by atoms with Gasteiger partial charge in [0, 0.05) is 32.7 Å². The molecule has 150 valence electrons. The summed E-state index contributed by atoms with van der Waals surface area (Å²) in [6.45, 7) is 2.99. The number of methoxy groups -OCH3 is 1. The lowest BCUT2D eigenvalue weighted by Crippen LogP contribution is -2.48. The van der Waals surface area contributed by atoms with Crippen LogP contribution in [0.3, 0.4) is 0 Å². The number of ether oxygens (including phenoxy) is 1. The number of nitrogens with zero attached hydrogens (tertiary/aromatic N) is 2. The van der Waals surface area contributed by atoms with Gasteiger partial charge < -0.3 is 9.64 Å². The van der Waals surface area contributed by atoms with Crippen molar-refractivity contribution in [2.75, 3.05) is 33.3 Å². The zero-order valence-electron chi connectivity index (χ0n) is 15.2. The van der Waals surface area contributed by atoms with E-state index < -0.39 is 16.8 Å². The molecule has 2 aromatic rings. The molecule has 1 aliphatic heterocycles. The van der Waals surface area contributed by atoms with E-state index in [0.29, 0.717) is 37.5 Å². The molecule has 3 rings (SSSR count). The Hall–Kier alpha value is -2.39. The molecule has 1 aliphatic rings. The first-order valence-corrected chi connectivity index (χ1v) is 9.45. The van der Waals surface area contributed by atoms with Crippen molar-refractivity contribution in [1.29, 1.82) is 0 Å². The lowest BCUT2D eigenvalue weighted by molar-refractivity contribution is -0.0882. The van der Waals surface area contributed by atoms with Crippen LogP contribution in [0.25, 0.3) is 0 Å². The van der Waals surface area contributed by atoms with Gasteiger partial charge in [-0.25, -0.2) is 0 Å². The fraction of sp³-hybridized carbons (Fsp3) is 0.368. The molecule has 1 saturated heterocycles. The minimum Gasteiger partial charge on any atom is -0.497 e. The van der Waals surface area contributed by atoms with Gasteiger partial charge in [-0.15, -0.1) is 11.3 Å². The second-order valence-electron chi connectivity index (χ2n) is 6.41. The summed E-state index contributed by atoms with van der Waals surface area (Å²) < 4.78 is 42.8. The molecule has 1 amide bonds. The summed E-state index contributed by atoms with van der Waals surface area (Å²) in [5.74, 6) is -1.47. The highest BCUT2D eigenvalue weighted by Gasteiger charge is 2.40. The Kier molecular flexibility index (Phi) is 6.04. The summed E-state index contributed by atoms with van der Waals surface area (Å²) in [4.78, 5) is 27.3. The van der Waals surface area contributed by atoms with Crippen LogP contribution >= 0.6 is 11.3 Å². The number of benzene rings is 1. The molecule has 2 heterocycles. The first-order valence-electron chi connectivity index (χ1n) is 8.64. The average Bonchev–Trinajstić information content (AvgIpc) is 3.17. The van der Waals surface area contributed by atoms with Crippen LogP contribution in [0.1, 0.15) is 24.9 Å². The van der Waals surface area contributed by atoms with Crippen molar-refractivity contribution in [3.05, 3.63) is 51.7 Å². The SMILES string of the molecule is COc1cccc(CN2CCN(C(=O)c3ccc(C(=O)C(F)(F)F)s3)CC2)c1. The summed E-state index contributed by atoms with van der Waals surface area (Å²) in [7, 11) is 1.61. The smallest absolute Gasteiger partial charge is 0.455 e. The van der Waals surface area contributed by atoms with E-state index in [1.54, 1.807) is 12.0 Å². The molecular formula is C19H19F3N2O3S. The number of alkyl halides is 3. The molecule has 0 atom stereocenters. The Morgan fingerprint density at radius 3 is 2.39 bits per heavy atom. The molecule has 1 fully saturated rings. The van der Waals surface area contributed by atoms with Crippen LogP contribution in [0.2, 0.25) is 0 Å². The molecule has 28 heavy (non-hydrogen) atoms. The van der Waals surface area contributed by atoms with Crippen LogP contribution in [0.15, 0.2) is 36.4 Å². The minimum atomic E-state index is -4.93. The van der Waals surface area contributed by atoms with Gasteiger partial charge >= 0.3 is 6.18 Å². The van der Waals surface area contributed by atoms with Gasteiger partial charge in [0.15, 0.2) is 0 Å². The number of hydrogen-bond donors (Lipinski definition) is 0. The van der Waals surface area contributed by atoms with Crippen LogP contribution < -0.4 is 4.74 Å². The number of thiophene rings is 1. The number of ketones is 1. The van der Waals surface area contributed by atoms with Crippen molar-refractivity contribution in [2.45, 2.75) is 12.7 Å². The number of halogens is 3. The van der Waals surface area contributed by atoms with Gasteiger partial charge in [-0.05, 0) is 29.8 Å². The van der Waals surface area contributed by atoms with E-state index in [9.17, 15) is 22.8 Å². The number of hydrogen-bond acceptors (Lipinski definition) is 5. The van der Waals surface area contributed by atoms with Gasteiger partial charge in [-0.1, -0.05) is 12.1 Å². The summed E-state index contributed by atoms with van der Waals surface area (Å²) in [5.41, 5.74) is 1.10. The molecule has 1 aromatic carbocycles. The predicted molar refractivity (Wildman–Crippen MR) is 98.9 cm³/mol. The Morgan fingerprint density at radius 2 is 1.75 bits per heavy atom.